The van der Waals surface area contributed by atoms with Crippen molar-refractivity contribution in [2.24, 2.45) is 5.10 Å². The fraction of sp³-hybridized carbons (Fsp3) is 0.125. The number of carbonyl (C=O) groups excluding carboxylic acids is 1. The SMILES string of the molecule is COc1ccc2nc(N(/N=C/c3ccc(F)cc3)C(=O)c3ccc4c(c3)OCCO4)sc2c1. The molecule has 1 aromatic heterocycles. The molecule has 0 fully saturated rings. The third kappa shape index (κ3) is 4.35. The normalized spacial score (nSPS) is 12.8. The molecule has 1 aliphatic heterocycles. The number of halogens is 1. The van der Waals surface area contributed by atoms with Gasteiger partial charge >= 0.3 is 0 Å². The van der Waals surface area contributed by atoms with E-state index in [0.29, 0.717) is 52.2 Å². The molecule has 0 unspecified atom stereocenters. The van der Waals surface area contributed by atoms with Crippen LogP contribution in [0.3, 0.4) is 0 Å². The molecule has 33 heavy (non-hydrogen) atoms. The maximum atomic E-state index is 13.5. The molecule has 5 rings (SSSR count). The number of hydrazone groups is 1. The average molecular weight is 463 g/mol. The maximum Gasteiger partial charge on any atom is 0.280 e. The van der Waals surface area contributed by atoms with Crippen LogP contribution in [0.4, 0.5) is 9.52 Å². The molecule has 0 N–H and O–H groups in total. The lowest BCUT2D eigenvalue weighted by Crippen LogP contribution is -2.26. The van der Waals surface area contributed by atoms with Gasteiger partial charge in [0.25, 0.3) is 5.91 Å². The number of hydrogen-bond donors (Lipinski definition) is 0. The predicted molar refractivity (Wildman–Crippen MR) is 124 cm³/mol. The van der Waals surface area contributed by atoms with Crippen molar-refractivity contribution in [2.75, 3.05) is 25.3 Å². The fourth-order valence-corrected chi connectivity index (χ4v) is 4.22. The van der Waals surface area contributed by atoms with Crippen LogP contribution in [-0.4, -0.2) is 37.4 Å². The molecule has 2 heterocycles. The Labute approximate surface area is 192 Å². The Hall–Kier alpha value is -3.98. The van der Waals surface area contributed by atoms with Gasteiger partial charge in [0.1, 0.15) is 24.8 Å². The standard InChI is InChI=1S/C24H18FN3O4S/c1-30-18-7-8-19-22(13-18)33-24(27-19)28(26-14-15-2-5-17(25)6-3-15)23(29)16-4-9-20-21(12-16)32-11-10-31-20/h2-9,12-14H,10-11H2,1H3/b26-14+. The Kier molecular flexibility index (Phi) is 5.62. The number of fused-ring (bicyclic) bond motifs is 2. The molecular weight excluding hydrogens is 445 g/mol. The van der Waals surface area contributed by atoms with Crippen molar-refractivity contribution in [3.8, 4) is 17.2 Å². The van der Waals surface area contributed by atoms with E-state index in [-0.39, 0.29) is 5.82 Å². The highest BCUT2D eigenvalue weighted by atomic mass is 32.1. The first-order valence-electron chi connectivity index (χ1n) is 10.1. The third-order valence-electron chi connectivity index (χ3n) is 4.94. The van der Waals surface area contributed by atoms with Gasteiger partial charge in [-0.05, 0) is 54.1 Å². The minimum atomic E-state index is -0.392. The number of hydrogen-bond acceptors (Lipinski definition) is 7. The summed E-state index contributed by atoms with van der Waals surface area (Å²) < 4.78 is 30.6. The first-order valence-corrected chi connectivity index (χ1v) is 10.9. The second kappa shape index (κ2) is 8.87. The summed E-state index contributed by atoms with van der Waals surface area (Å²) in [7, 11) is 1.59. The van der Waals surface area contributed by atoms with Gasteiger partial charge in [-0.2, -0.15) is 10.1 Å². The third-order valence-corrected chi connectivity index (χ3v) is 5.93. The summed E-state index contributed by atoms with van der Waals surface area (Å²) >= 11 is 1.31. The molecule has 0 saturated heterocycles. The zero-order valence-corrected chi connectivity index (χ0v) is 18.3. The maximum absolute atomic E-state index is 13.5. The van der Waals surface area contributed by atoms with Crippen LogP contribution >= 0.6 is 11.3 Å². The molecule has 1 amide bonds. The number of ether oxygens (including phenoxy) is 3. The van der Waals surface area contributed by atoms with E-state index in [0.717, 1.165) is 4.70 Å². The van der Waals surface area contributed by atoms with Crippen LogP contribution < -0.4 is 19.2 Å². The van der Waals surface area contributed by atoms with Crippen LogP contribution in [0.15, 0.2) is 65.8 Å². The van der Waals surface area contributed by atoms with Gasteiger partial charge in [-0.25, -0.2) is 9.37 Å². The molecule has 166 valence electrons. The van der Waals surface area contributed by atoms with Gasteiger partial charge in [0.2, 0.25) is 5.13 Å². The monoisotopic (exact) mass is 463 g/mol. The van der Waals surface area contributed by atoms with Crippen molar-refractivity contribution in [1.29, 1.82) is 0 Å². The molecule has 7 nitrogen and oxygen atoms in total. The van der Waals surface area contributed by atoms with Crippen LogP contribution in [0.2, 0.25) is 0 Å². The molecule has 1 aliphatic rings. The Morgan fingerprint density at radius 2 is 1.88 bits per heavy atom. The Bertz CT molecular complexity index is 1350. The molecule has 0 spiro atoms. The van der Waals surface area contributed by atoms with Gasteiger partial charge in [-0.3, -0.25) is 4.79 Å². The molecule has 3 aromatic carbocycles. The lowest BCUT2D eigenvalue weighted by molar-refractivity contribution is 0.0986. The van der Waals surface area contributed by atoms with E-state index >= 15 is 0 Å². The minimum Gasteiger partial charge on any atom is -0.497 e. The lowest BCUT2D eigenvalue weighted by atomic mass is 10.2. The predicted octanol–water partition coefficient (Wildman–Crippen LogP) is 4.90. The number of nitrogens with zero attached hydrogens (tertiary/aromatic N) is 3. The lowest BCUT2D eigenvalue weighted by Gasteiger charge is -2.19. The summed E-state index contributed by atoms with van der Waals surface area (Å²) in [6.45, 7) is 0.875. The zero-order valence-electron chi connectivity index (χ0n) is 17.5. The van der Waals surface area contributed by atoms with Crippen LogP contribution in [0, 0.1) is 5.82 Å². The summed E-state index contributed by atoms with van der Waals surface area (Å²) in [4.78, 5) is 18.1. The van der Waals surface area contributed by atoms with Crippen molar-refractivity contribution < 1.29 is 23.4 Å². The number of amides is 1. The summed E-state index contributed by atoms with van der Waals surface area (Å²) in [5.74, 6) is 1.04. The Balaban J connectivity index is 1.54. The van der Waals surface area contributed by atoms with Gasteiger partial charge in [0.05, 0.1) is 23.5 Å². The first-order chi connectivity index (χ1) is 16.1. The second-order valence-corrected chi connectivity index (χ2v) is 8.11. The first kappa shape index (κ1) is 20.9. The Morgan fingerprint density at radius 3 is 2.67 bits per heavy atom. The van der Waals surface area contributed by atoms with Crippen LogP contribution in [-0.2, 0) is 0 Å². The van der Waals surface area contributed by atoms with Crippen LogP contribution in [0.25, 0.3) is 10.2 Å². The molecule has 0 radical (unpaired) electrons. The van der Waals surface area contributed by atoms with Gasteiger partial charge in [0.15, 0.2) is 11.5 Å². The molecule has 0 atom stereocenters. The molecular formula is C24H18FN3O4S. The zero-order chi connectivity index (χ0) is 22.8. The van der Waals surface area contributed by atoms with Crippen molar-refractivity contribution >= 4 is 38.8 Å². The number of anilines is 1. The van der Waals surface area contributed by atoms with E-state index in [9.17, 15) is 9.18 Å². The highest BCUT2D eigenvalue weighted by molar-refractivity contribution is 7.22. The van der Waals surface area contributed by atoms with Gasteiger partial charge < -0.3 is 14.2 Å². The number of aromatic nitrogens is 1. The van der Waals surface area contributed by atoms with E-state index in [1.54, 1.807) is 43.5 Å². The molecule has 4 aromatic rings. The van der Waals surface area contributed by atoms with Gasteiger partial charge in [-0.15, -0.1) is 0 Å². The van der Waals surface area contributed by atoms with Gasteiger partial charge in [0, 0.05) is 5.56 Å². The fourth-order valence-electron chi connectivity index (χ4n) is 3.27. The summed E-state index contributed by atoms with van der Waals surface area (Å²) in [6, 6.07) is 16.3. The number of thiazole rings is 1. The molecule has 0 bridgehead atoms. The van der Waals surface area contributed by atoms with Crippen LogP contribution in [0.1, 0.15) is 15.9 Å². The van der Waals surface area contributed by atoms with Crippen molar-refractivity contribution in [2.45, 2.75) is 0 Å². The Morgan fingerprint density at radius 1 is 1.09 bits per heavy atom. The number of rotatable bonds is 5. The smallest absolute Gasteiger partial charge is 0.280 e. The summed E-state index contributed by atoms with van der Waals surface area (Å²) in [5.41, 5.74) is 1.72. The van der Waals surface area contributed by atoms with Crippen molar-refractivity contribution in [3.05, 3.63) is 77.6 Å². The van der Waals surface area contributed by atoms with E-state index < -0.39 is 5.91 Å². The number of benzene rings is 3. The molecule has 9 heteroatoms. The van der Waals surface area contributed by atoms with E-state index in [1.807, 2.05) is 12.1 Å². The molecule has 0 saturated carbocycles. The molecule has 0 aliphatic carbocycles. The largest absolute Gasteiger partial charge is 0.497 e. The highest BCUT2D eigenvalue weighted by Crippen LogP contribution is 2.34. The minimum absolute atomic E-state index is 0.350. The van der Waals surface area contributed by atoms with Crippen LogP contribution in [0.5, 0.6) is 17.2 Å². The van der Waals surface area contributed by atoms with Gasteiger partial charge in [-0.1, -0.05) is 23.5 Å². The second-order valence-electron chi connectivity index (χ2n) is 7.10. The van der Waals surface area contributed by atoms with Crippen molar-refractivity contribution in [3.63, 3.8) is 0 Å². The van der Waals surface area contributed by atoms with E-state index in [4.69, 9.17) is 14.2 Å². The summed E-state index contributed by atoms with van der Waals surface area (Å²) in [6.07, 6.45) is 1.49. The number of methoxy groups -OCH3 is 1. The highest BCUT2D eigenvalue weighted by Gasteiger charge is 2.23. The number of carbonyl (C=O) groups is 1. The average Bonchev–Trinajstić information content (AvgIpc) is 3.27. The van der Waals surface area contributed by atoms with Crippen molar-refractivity contribution in [1.82, 2.24) is 4.98 Å². The van der Waals surface area contributed by atoms with E-state index in [1.165, 1.54) is 34.7 Å². The topological polar surface area (TPSA) is 73.2 Å². The van der Waals surface area contributed by atoms with E-state index in [2.05, 4.69) is 10.1 Å². The quantitative estimate of drug-likeness (QED) is 0.311. The summed E-state index contributed by atoms with van der Waals surface area (Å²) in [5, 5.41) is 6.01.